The topological polar surface area (TPSA) is 54.5 Å². The standard InChI is InChI=1S/C14H24N4S.HI/c1-10(2)12-9-19-13(17-12)8-16-14(15)18-6-4-11(3)5-7-18;/h9-11H,4-8H2,1-3H3,(H2,15,16);1H. The lowest BCUT2D eigenvalue weighted by molar-refractivity contribution is 0.277. The van der Waals surface area contributed by atoms with Crippen LogP contribution in [0.3, 0.4) is 0 Å². The largest absolute Gasteiger partial charge is 0.370 e. The van der Waals surface area contributed by atoms with Crippen LogP contribution in [0.25, 0.3) is 0 Å². The molecule has 2 heterocycles. The first-order chi connectivity index (χ1) is 9.06. The van der Waals surface area contributed by atoms with Gasteiger partial charge in [-0.05, 0) is 24.7 Å². The van der Waals surface area contributed by atoms with E-state index in [2.05, 4.69) is 41.0 Å². The maximum Gasteiger partial charge on any atom is 0.191 e. The average molecular weight is 408 g/mol. The first-order valence-corrected chi connectivity index (χ1v) is 7.93. The van der Waals surface area contributed by atoms with E-state index in [0.29, 0.717) is 18.4 Å². The molecule has 0 spiro atoms. The molecule has 20 heavy (non-hydrogen) atoms. The van der Waals surface area contributed by atoms with Gasteiger partial charge in [-0.25, -0.2) is 9.98 Å². The number of aromatic nitrogens is 1. The molecule has 2 rings (SSSR count). The van der Waals surface area contributed by atoms with Crippen LogP contribution in [0.4, 0.5) is 0 Å². The fourth-order valence-corrected chi connectivity index (χ4v) is 3.03. The number of nitrogens with two attached hydrogens (primary N) is 1. The van der Waals surface area contributed by atoms with E-state index in [1.165, 1.54) is 12.8 Å². The van der Waals surface area contributed by atoms with E-state index in [0.717, 1.165) is 29.7 Å². The Morgan fingerprint density at radius 3 is 2.70 bits per heavy atom. The van der Waals surface area contributed by atoms with Crippen molar-refractivity contribution in [2.45, 2.75) is 46.1 Å². The Labute approximate surface area is 142 Å². The van der Waals surface area contributed by atoms with Crippen LogP contribution in [0.1, 0.15) is 50.2 Å². The molecule has 2 N–H and O–H groups in total. The van der Waals surface area contributed by atoms with Crippen molar-refractivity contribution >= 4 is 41.3 Å². The summed E-state index contributed by atoms with van der Waals surface area (Å²) in [6.07, 6.45) is 2.43. The molecule has 1 aliphatic rings. The average Bonchev–Trinajstić information content (AvgIpc) is 2.86. The van der Waals surface area contributed by atoms with E-state index in [9.17, 15) is 0 Å². The normalized spacial score (nSPS) is 17.4. The van der Waals surface area contributed by atoms with Crippen molar-refractivity contribution in [3.63, 3.8) is 0 Å². The number of hydrogen-bond donors (Lipinski definition) is 1. The second-order valence-electron chi connectivity index (χ2n) is 5.66. The lowest BCUT2D eigenvalue weighted by Gasteiger charge is -2.30. The monoisotopic (exact) mass is 408 g/mol. The second kappa shape index (κ2) is 8.17. The summed E-state index contributed by atoms with van der Waals surface area (Å²) >= 11 is 1.67. The van der Waals surface area contributed by atoms with Crippen LogP contribution in [-0.2, 0) is 6.54 Å². The predicted molar refractivity (Wildman–Crippen MR) is 96.9 cm³/mol. The van der Waals surface area contributed by atoms with E-state index < -0.39 is 0 Å². The third-order valence-corrected chi connectivity index (χ3v) is 4.50. The van der Waals surface area contributed by atoms with Crippen LogP contribution in [0, 0.1) is 5.92 Å². The van der Waals surface area contributed by atoms with Crippen LogP contribution < -0.4 is 5.73 Å². The number of thiazole rings is 1. The van der Waals surface area contributed by atoms with Crippen LogP contribution in [0.5, 0.6) is 0 Å². The molecular weight excluding hydrogens is 383 g/mol. The van der Waals surface area contributed by atoms with Gasteiger partial charge in [0.1, 0.15) is 5.01 Å². The fraction of sp³-hybridized carbons (Fsp3) is 0.714. The van der Waals surface area contributed by atoms with Gasteiger partial charge in [0.05, 0.1) is 12.2 Å². The predicted octanol–water partition coefficient (Wildman–Crippen LogP) is 3.43. The Morgan fingerprint density at radius 2 is 2.15 bits per heavy atom. The lowest BCUT2D eigenvalue weighted by Crippen LogP contribution is -2.42. The summed E-state index contributed by atoms with van der Waals surface area (Å²) < 4.78 is 0. The molecule has 1 aliphatic heterocycles. The molecular formula is C14H25IN4S. The Bertz CT molecular complexity index is 436. The Morgan fingerprint density at radius 1 is 1.50 bits per heavy atom. The SMILES string of the molecule is CC1CCN(C(N)=NCc2nc(C(C)C)cs2)CC1.I. The molecule has 0 radical (unpaired) electrons. The molecule has 114 valence electrons. The number of rotatable bonds is 3. The highest BCUT2D eigenvalue weighted by Crippen LogP contribution is 2.19. The Kier molecular flexibility index (Phi) is 7.22. The molecule has 1 saturated heterocycles. The molecule has 0 bridgehead atoms. The van der Waals surface area contributed by atoms with Gasteiger partial charge in [0, 0.05) is 18.5 Å². The molecule has 4 nitrogen and oxygen atoms in total. The highest BCUT2D eigenvalue weighted by atomic mass is 127. The van der Waals surface area contributed by atoms with Gasteiger partial charge < -0.3 is 10.6 Å². The first-order valence-electron chi connectivity index (χ1n) is 7.05. The van der Waals surface area contributed by atoms with Gasteiger partial charge >= 0.3 is 0 Å². The second-order valence-corrected chi connectivity index (χ2v) is 6.61. The minimum Gasteiger partial charge on any atom is -0.370 e. The summed E-state index contributed by atoms with van der Waals surface area (Å²) in [6, 6.07) is 0. The molecule has 0 unspecified atom stereocenters. The van der Waals surface area contributed by atoms with Gasteiger partial charge in [-0.3, -0.25) is 0 Å². The number of halogens is 1. The third-order valence-electron chi connectivity index (χ3n) is 3.64. The van der Waals surface area contributed by atoms with Crippen molar-refractivity contribution in [1.82, 2.24) is 9.88 Å². The summed E-state index contributed by atoms with van der Waals surface area (Å²) in [5.74, 6) is 1.97. The maximum atomic E-state index is 6.06. The molecule has 1 aromatic heterocycles. The van der Waals surface area contributed by atoms with Crippen molar-refractivity contribution in [3.8, 4) is 0 Å². The molecule has 0 aromatic carbocycles. The van der Waals surface area contributed by atoms with E-state index in [1.807, 2.05) is 0 Å². The maximum absolute atomic E-state index is 6.06. The van der Waals surface area contributed by atoms with Crippen molar-refractivity contribution in [1.29, 1.82) is 0 Å². The van der Waals surface area contributed by atoms with Crippen molar-refractivity contribution in [3.05, 3.63) is 16.1 Å². The molecule has 1 fully saturated rings. The van der Waals surface area contributed by atoms with Crippen LogP contribution in [0.15, 0.2) is 10.4 Å². The smallest absolute Gasteiger partial charge is 0.191 e. The molecule has 0 amide bonds. The molecule has 1 aromatic rings. The van der Waals surface area contributed by atoms with Crippen molar-refractivity contribution in [2.75, 3.05) is 13.1 Å². The first kappa shape index (κ1) is 17.7. The molecule has 0 saturated carbocycles. The highest BCUT2D eigenvalue weighted by molar-refractivity contribution is 14.0. The Hall–Kier alpha value is -0.370. The summed E-state index contributed by atoms with van der Waals surface area (Å²) in [7, 11) is 0. The zero-order valence-electron chi connectivity index (χ0n) is 12.5. The van der Waals surface area contributed by atoms with Gasteiger partial charge in [0.25, 0.3) is 0 Å². The lowest BCUT2D eigenvalue weighted by atomic mass is 10.00. The number of hydrogen-bond acceptors (Lipinski definition) is 3. The summed E-state index contributed by atoms with van der Waals surface area (Å²) in [4.78, 5) is 11.3. The van der Waals surface area contributed by atoms with Crippen molar-refractivity contribution < 1.29 is 0 Å². The summed E-state index contributed by atoms with van der Waals surface area (Å²) in [6.45, 7) is 9.29. The minimum atomic E-state index is 0. The van der Waals surface area contributed by atoms with E-state index >= 15 is 0 Å². The number of likely N-dealkylation sites (tertiary alicyclic amines) is 1. The van der Waals surface area contributed by atoms with Crippen LogP contribution >= 0.6 is 35.3 Å². The quantitative estimate of drug-likeness (QED) is 0.474. The number of aliphatic imine (C=N–C) groups is 1. The number of piperidine rings is 1. The fourth-order valence-electron chi connectivity index (χ4n) is 2.15. The van der Waals surface area contributed by atoms with Crippen molar-refractivity contribution in [2.24, 2.45) is 16.6 Å². The zero-order chi connectivity index (χ0) is 13.8. The summed E-state index contributed by atoms with van der Waals surface area (Å²) in [5, 5.41) is 3.17. The van der Waals surface area contributed by atoms with Gasteiger partial charge in [-0.15, -0.1) is 35.3 Å². The summed E-state index contributed by atoms with van der Waals surface area (Å²) in [5.41, 5.74) is 7.21. The third kappa shape index (κ3) is 4.87. The Balaban J connectivity index is 0.00000200. The highest BCUT2D eigenvalue weighted by Gasteiger charge is 2.17. The van der Waals surface area contributed by atoms with Gasteiger partial charge in [-0.2, -0.15) is 0 Å². The van der Waals surface area contributed by atoms with E-state index in [4.69, 9.17) is 5.73 Å². The molecule has 0 atom stereocenters. The molecule has 6 heteroatoms. The van der Waals surface area contributed by atoms with Gasteiger partial charge in [-0.1, -0.05) is 20.8 Å². The van der Waals surface area contributed by atoms with Gasteiger partial charge in [0.15, 0.2) is 5.96 Å². The van der Waals surface area contributed by atoms with Gasteiger partial charge in [0.2, 0.25) is 0 Å². The molecule has 0 aliphatic carbocycles. The minimum absolute atomic E-state index is 0. The van der Waals surface area contributed by atoms with E-state index in [-0.39, 0.29) is 24.0 Å². The van der Waals surface area contributed by atoms with Crippen LogP contribution in [0.2, 0.25) is 0 Å². The zero-order valence-corrected chi connectivity index (χ0v) is 15.6. The number of nitrogens with zero attached hydrogens (tertiary/aromatic N) is 3. The van der Waals surface area contributed by atoms with E-state index in [1.54, 1.807) is 11.3 Å². The number of guanidine groups is 1. The van der Waals surface area contributed by atoms with Crippen LogP contribution in [-0.4, -0.2) is 28.9 Å².